The molecule has 0 heterocycles. The molecule has 0 unspecified atom stereocenters. The minimum Gasteiger partial charge on any atom is -0.862 e. The standard InChI is InChI=1S/2C22H43NO4S.Ca/c2*1-2-3-4-5-6-7-8-9-10-11-12-13-14-15-16-19-22(24)23-20-17-18-21-28(25,26)27;/h2*9-10H,2-8,11-21H2,1H3,(H,23,24)(H,25,26,27);/q;;+2/p-2/b2*10-9+;. The molecule has 332 valence electrons. The summed E-state index contributed by atoms with van der Waals surface area (Å²) < 4.78 is 61.1. The van der Waals surface area contributed by atoms with Crippen molar-refractivity contribution < 1.29 is 35.8 Å². The van der Waals surface area contributed by atoms with Gasteiger partial charge in [0.2, 0.25) is 5.91 Å². The fourth-order valence-corrected chi connectivity index (χ4v) is 7.23. The van der Waals surface area contributed by atoms with Gasteiger partial charge in [0.25, 0.3) is 10.1 Å². The Morgan fingerprint density at radius 1 is 0.544 bits per heavy atom. The summed E-state index contributed by atoms with van der Waals surface area (Å²) in [7, 11) is -8.02. The Kier molecular flexibility index (Phi) is 49.7. The Bertz CT molecular complexity index is 1180. The van der Waals surface area contributed by atoms with Crippen molar-refractivity contribution in [3.05, 3.63) is 24.3 Å². The second-order valence-electron chi connectivity index (χ2n) is 15.3. The number of hydrogen-bond donors (Lipinski definition) is 2. The number of nitrogens with one attached hydrogen (secondary N) is 1. The molecule has 0 aromatic rings. The summed E-state index contributed by atoms with van der Waals surface area (Å²) in [5, 5.41) is 14.4. The van der Waals surface area contributed by atoms with Crippen molar-refractivity contribution in [3.63, 3.8) is 0 Å². The largest absolute Gasteiger partial charge is 2.00 e. The maximum absolute atomic E-state index is 11.6. The monoisotopic (exact) mass is 873 g/mol. The Labute approximate surface area is 381 Å². The zero-order chi connectivity index (χ0) is 41.9. The van der Waals surface area contributed by atoms with Crippen LogP contribution in [0.25, 0.3) is 0 Å². The third-order valence-corrected chi connectivity index (χ3v) is 11.2. The molecule has 10 nitrogen and oxygen atoms in total. The number of aliphatic imine (C=N–C) groups is 1. The van der Waals surface area contributed by atoms with Gasteiger partial charge in [0.05, 0.1) is 15.9 Å². The molecular formula is C44H84CaN2O8S2. The van der Waals surface area contributed by atoms with Gasteiger partial charge in [-0.2, -0.15) is 8.42 Å². The number of carbonyl (C=O) groups excluding carboxylic acids is 1. The van der Waals surface area contributed by atoms with Crippen LogP contribution in [0.1, 0.15) is 219 Å². The van der Waals surface area contributed by atoms with Crippen LogP contribution in [-0.4, -0.2) is 100 Å². The molecule has 0 radical (unpaired) electrons. The SMILES string of the molecule is CCCCCCCC/C=C/CCCCCCCC(=O)NCCCCS(=O)(=O)O.CCCCCCCC/C=C/CCCCCCCC([O-])=NCCCCS(=O)(=O)[O-].[Ca+2]. The minimum absolute atomic E-state index is 0. The van der Waals surface area contributed by atoms with Crippen LogP contribution in [0.3, 0.4) is 0 Å². The van der Waals surface area contributed by atoms with E-state index in [0.717, 1.165) is 38.5 Å². The molecule has 0 saturated heterocycles. The first-order valence-electron chi connectivity index (χ1n) is 22.6. The molecule has 13 heteroatoms. The van der Waals surface area contributed by atoms with Crippen LogP contribution in [0.15, 0.2) is 29.3 Å². The van der Waals surface area contributed by atoms with Crippen LogP contribution >= 0.6 is 0 Å². The molecule has 0 aromatic carbocycles. The first-order valence-corrected chi connectivity index (χ1v) is 25.8. The minimum atomic E-state index is -4.14. The van der Waals surface area contributed by atoms with Crippen molar-refractivity contribution >= 4 is 69.8 Å². The zero-order valence-electron chi connectivity index (χ0n) is 36.5. The van der Waals surface area contributed by atoms with Gasteiger partial charge in [-0.05, 0) is 102 Å². The van der Waals surface area contributed by atoms with Crippen molar-refractivity contribution in [2.75, 3.05) is 24.6 Å². The fourth-order valence-electron chi connectivity index (χ4n) is 6.10. The smallest absolute Gasteiger partial charge is 0.862 e. The van der Waals surface area contributed by atoms with Gasteiger partial charge in [-0.1, -0.05) is 141 Å². The van der Waals surface area contributed by atoms with Gasteiger partial charge in [-0.25, -0.2) is 8.42 Å². The number of rotatable bonds is 40. The average Bonchev–Trinajstić information content (AvgIpc) is 3.14. The summed E-state index contributed by atoms with van der Waals surface area (Å²) in [5.41, 5.74) is 0. The Morgan fingerprint density at radius 3 is 1.35 bits per heavy atom. The van der Waals surface area contributed by atoms with E-state index >= 15 is 0 Å². The molecule has 1 amide bonds. The van der Waals surface area contributed by atoms with Gasteiger partial charge < -0.3 is 20.0 Å². The zero-order valence-corrected chi connectivity index (χ0v) is 40.4. The van der Waals surface area contributed by atoms with Crippen LogP contribution in [0.5, 0.6) is 0 Å². The topological polar surface area (TPSA) is 176 Å². The Balaban J connectivity index is -0.00000101. The molecule has 0 rings (SSSR count). The maximum Gasteiger partial charge on any atom is 2.00 e. The van der Waals surface area contributed by atoms with E-state index in [2.05, 4.69) is 48.5 Å². The Morgan fingerprint density at radius 2 is 0.930 bits per heavy atom. The molecule has 0 aliphatic heterocycles. The van der Waals surface area contributed by atoms with Crippen molar-refractivity contribution in [1.82, 2.24) is 5.32 Å². The van der Waals surface area contributed by atoms with Crippen molar-refractivity contribution in [2.24, 2.45) is 4.99 Å². The maximum atomic E-state index is 11.6. The average molecular weight is 873 g/mol. The predicted octanol–water partition coefficient (Wildman–Crippen LogP) is 10.5. The van der Waals surface area contributed by atoms with Crippen molar-refractivity contribution in [2.45, 2.75) is 219 Å². The molecule has 0 bridgehead atoms. The summed E-state index contributed by atoms with van der Waals surface area (Å²) in [6.45, 7) is 5.29. The van der Waals surface area contributed by atoms with Gasteiger partial charge in [0.1, 0.15) is 0 Å². The molecule has 0 aliphatic carbocycles. The van der Waals surface area contributed by atoms with Gasteiger partial charge in [-0.15, -0.1) is 0 Å². The van der Waals surface area contributed by atoms with Gasteiger partial charge in [0, 0.05) is 25.3 Å². The van der Waals surface area contributed by atoms with E-state index in [-0.39, 0.29) is 67.5 Å². The number of allylic oxidation sites excluding steroid dienone is 4. The number of nitrogens with zero attached hydrogens (tertiary/aromatic N) is 1. The van der Waals surface area contributed by atoms with Crippen LogP contribution in [0, 0.1) is 0 Å². The number of unbranched alkanes of at least 4 members (excludes halogenated alkanes) is 24. The van der Waals surface area contributed by atoms with Crippen LogP contribution < -0.4 is 10.4 Å². The number of carbonyl (C=O) groups is 1. The fraction of sp³-hybridized carbons (Fsp3) is 0.864. The second-order valence-corrected chi connectivity index (χ2v) is 18.4. The van der Waals surface area contributed by atoms with E-state index in [9.17, 15) is 31.3 Å². The molecule has 57 heavy (non-hydrogen) atoms. The van der Waals surface area contributed by atoms with E-state index < -0.39 is 20.2 Å². The normalized spacial score (nSPS) is 12.2. The van der Waals surface area contributed by atoms with Gasteiger partial charge >= 0.3 is 37.7 Å². The van der Waals surface area contributed by atoms with Gasteiger partial charge in [-0.3, -0.25) is 9.35 Å². The van der Waals surface area contributed by atoms with Crippen LogP contribution in [0.4, 0.5) is 0 Å². The molecule has 0 spiro atoms. The first-order chi connectivity index (χ1) is 26.9. The van der Waals surface area contributed by atoms with E-state index in [1.807, 2.05) is 0 Å². The molecule has 0 saturated carbocycles. The first kappa shape index (κ1) is 60.8. The number of hydrogen-bond acceptors (Lipinski definition) is 8. The van der Waals surface area contributed by atoms with E-state index in [1.54, 1.807) is 0 Å². The molecule has 0 aliphatic rings. The summed E-state index contributed by atoms with van der Waals surface area (Å²) in [4.78, 5) is 15.6. The van der Waals surface area contributed by atoms with Gasteiger partial charge in [0.15, 0.2) is 0 Å². The molecule has 0 atom stereocenters. The summed E-state index contributed by atoms with van der Waals surface area (Å²) >= 11 is 0. The molecule has 2 N–H and O–H groups in total. The molecule has 0 fully saturated rings. The third-order valence-electron chi connectivity index (χ3n) is 9.56. The van der Waals surface area contributed by atoms with E-state index in [4.69, 9.17) is 4.55 Å². The third kappa shape index (κ3) is 59.9. The number of amides is 1. The Hall–Kier alpha value is -0.500. The van der Waals surface area contributed by atoms with E-state index in [1.165, 1.54) is 128 Å². The van der Waals surface area contributed by atoms with Crippen molar-refractivity contribution in [1.29, 1.82) is 0 Å². The quantitative estimate of drug-likeness (QED) is 0.0153. The second kappa shape index (κ2) is 46.6. The van der Waals surface area contributed by atoms with Crippen LogP contribution in [0.2, 0.25) is 0 Å². The molecule has 0 aromatic heterocycles. The predicted molar refractivity (Wildman–Crippen MR) is 239 cm³/mol. The molecular weight excluding hydrogens is 789 g/mol. The summed E-state index contributed by atoms with van der Waals surface area (Å²) in [6.07, 6.45) is 44.1. The summed E-state index contributed by atoms with van der Waals surface area (Å²) in [5.74, 6) is -0.686. The van der Waals surface area contributed by atoms with Crippen molar-refractivity contribution in [3.8, 4) is 0 Å². The summed E-state index contributed by atoms with van der Waals surface area (Å²) in [6, 6.07) is 0. The van der Waals surface area contributed by atoms with E-state index in [0.29, 0.717) is 45.2 Å². The van der Waals surface area contributed by atoms with Crippen LogP contribution in [-0.2, 0) is 25.0 Å².